The second-order valence-corrected chi connectivity index (χ2v) is 6.45. The molecule has 100 valence electrons. The molecular weight excluding hydrogens is 250 g/mol. The van der Waals surface area contributed by atoms with Gasteiger partial charge in [0.15, 0.2) is 0 Å². The van der Waals surface area contributed by atoms with E-state index < -0.39 is 10.0 Å². The van der Waals surface area contributed by atoms with Crippen molar-refractivity contribution in [2.75, 3.05) is 41.6 Å². The van der Waals surface area contributed by atoms with Crippen LogP contribution in [0.5, 0.6) is 0 Å². The zero-order chi connectivity index (χ0) is 13.2. The van der Waals surface area contributed by atoms with Crippen LogP contribution in [0.2, 0.25) is 0 Å². The molecule has 0 amide bonds. The Bertz CT molecular complexity index is 516. The number of nitrogens with two attached hydrogens (primary N) is 1. The number of anilines is 2. The summed E-state index contributed by atoms with van der Waals surface area (Å²) in [7, 11) is -1.28. The van der Waals surface area contributed by atoms with E-state index in [1.807, 2.05) is 31.3 Å². The fraction of sp³-hybridized carbons (Fsp3) is 0.500. The van der Waals surface area contributed by atoms with E-state index in [1.54, 1.807) is 0 Å². The van der Waals surface area contributed by atoms with Crippen LogP contribution in [0.4, 0.5) is 11.4 Å². The number of rotatable bonds is 4. The van der Waals surface area contributed by atoms with Crippen LogP contribution in [-0.2, 0) is 10.0 Å². The molecule has 0 aromatic heterocycles. The van der Waals surface area contributed by atoms with E-state index >= 15 is 0 Å². The van der Waals surface area contributed by atoms with Crippen LogP contribution in [0, 0.1) is 0 Å². The Morgan fingerprint density at radius 2 is 1.89 bits per heavy atom. The van der Waals surface area contributed by atoms with Gasteiger partial charge >= 0.3 is 0 Å². The summed E-state index contributed by atoms with van der Waals surface area (Å²) in [5.41, 5.74) is 7.12. The Morgan fingerprint density at radius 1 is 1.22 bits per heavy atom. The van der Waals surface area contributed by atoms with E-state index in [0.717, 1.165) is 11.4 Å². The monoisotopic (exact) mass is 269 g/mol. The van der Waals surface area contributed by atoms with Crippen LogP contribution < -0.4 is 14.9 Å². The predicted molar refractivity (Wildman–Crippen MR) is 74.5 cm³/mol. The molecule has 6 heteroatoms. The molecular formula is C12H19N3O2S. The van der Waals surface area contributed by atoms with Crippen molar-refractivity contribution in [2.45, 2.75) is 6.42 Å². The Balaban J connectivity index is 2.34. The van der Waals surface area contributed by atoms with Crippen molar-refractivity contribution in [3.8, 4) is 0 Å². The number of benzene rings is 1. The molecule has 1 heterocycles. The van der Waals surface area contributed by atoms with E-state index in [2.05, 4.69) is 4.90 Å². The van der Waals surface area contributed by atoms with E-state index in [4.69, 9.17) is 5.73 Å². The number of fused-ring (bicyclic) bond motifs is 1. The van der Waals surface area contributed by atoms with Crippen LogP contribution in [0.3, 0.4) is 0 Å². The molecule has 2 N–H and O–H groups in total. The van der Waals surface area contributed by atoms with Gasteiger partial charge in [0.25, 0.3) is 0 Å². The topological polar surface area (TPSA) is 66.6 Å². The number of hydrogen-bond donors (Lipinski definition) is 1. The van der Waals surface area contributed by atoms with Gasteiger partial charge in [-0.1, -0.05) is 12.1 Å². The molecule has 0 bridgehead atoms. The van der Waals surface area contributed by atoms with E-state index in [9.17, 15) is 8.42 Å². The SMILES string of the molecule is CN1CCN(S(=O)(=O)CCCN)c2ccccc21. The normalized spacial score (nSPS) is 15.7. The number of para-hydroxylation sites is 2. The maximum atomic E-state index is 12.3. The predicted octanol–water partition coefficient (Wildman–Crippen LogP) is 0.621. The second-order valence-electron chi connectivity index (χ2n) is 4.44. The van der Waals surface area contributed by atoms with Crippen LogP contribution in [-0.4, -0.2) is 40.9 Å². The summed E-state index contributed by atoms with van der Waals surface area (Å²) < 4.78 is 26.0. The quantitative estimate of drug-likeness (QED) is 0.870. The van der Waals surface area contributed by atoms with Crippen molar-refractivity contribution in [3.63, 3.8) is 0 Å². The molecule has 1 aromatic rings. The first kappa shape index (κ1) is 13.2. The zero-order valence-electron chi connectivity index (χ0n) is 10.5. The molecule has 0 aliphatic carbocycles. The average molecular weight is 269 g/mol. The molecule has 2 rings (SSSR count). The highest BCUT2D eigenvalue weighted by Crippen LogP contribution is 2.33. The lowest BCUT2D eigenvalue weighted by molar-refractivity contribution is 0.587. The lowest BCUT2D eigenvalue weighted by atomic mass is 10.2. The fourth-order valence-electron chi connectivity index (χ4n) is 2.14. The van der Waals surface area contributed by atoms with Gasteiger partial charge in [0.05, 0.1) is 23.7 Å². The van der Waals surface area contributed by atoms with Crippen molar-refractivity contribution in [1.29, 1.82) is 0 Å². The van der Waals surface area contributed by atoms with E-state index in [1.165, 1.54) is 4.31 Å². The zero-order valence-corrected chi connectivity index (χ0v) is 11.4. The maximum Gasteiger partial charge on any atom is 0.235 e. The van der Waals surface area contributed by atoms with E-state index in [0.29, 0.717) is 26.1 Å². The maximum absolute atomic E-state index is 12.3. The van der Waals surface area contributed by atoms with Crippen LogP contribution in [0.15, 0.2) is 24.3 Å². The Morgan fingerprint density at radius 3 is 2.56 bits per heavy atom. The lowest BCUT2D eigenvalue weighted by Crippen LogP contribution is -2.43. The second kappa shape index (κ2) is 5.16. The first-order chi connectivity index (χ1) is 8.56. The molecule has 0 radical (unpaired) electrons. The van der Waals surface area contributed by atoms with Crippen LogP contribution >= 0.6 is 0 Å². The van der Waals surface area contributed by atoms with Crippen molar-refractivity contribution in [3.05, 3.63) is 24.3 Å². The Labute approximate surface area is 108 Å². The lowest BCUT2D eigenvalue weighted by Gasteiger charge is -2.36. The molecule has 0 saturated heterocycles. The summed E-state index contributed by atoms with van der Waals surface area (Å²) in [6.07, 6.45) is 0.497. The van der Waals surface area contributed by atoms with Crippen LogP contribution in [0.25, 0.3) is 0 Å². The minimum atomic E-state index is -3.26. The summed E-state index contributed by atoms with van der Waals surface area (Å²) in [4.78, 5) is 2.07. The van der Waals surface area contributed by atoms with Gasteiger partial charge in [-0.15, -0.1) is 0 Å². The van der Waals surface area contributed by atoms with Gasteiger partial charge in [0.2, 0.25) is 10.0 Å². The van der Waals surface area contributed by atoms with Gasteiger partial charge in [-0.05, 0) is 25.1 Å². The largest absolute Gasteiger partial charge is 0.371 e. The summed E-state index contributed by atoms with van der Waals surface area (Å²) in [6.45, 7) is 1.61. The number of likely N-dealkylation sites (N-methyl/N-ethyl adjacent to an activating group) is 1. The van der Waals surface area contributed by atoms with Gasteiger partial charge < -0.3 is 10.6 Å². The molecule has 0 spiro atoms. The molecule has 0 fully saturated rings. The van der Waals surface area contributed by atoms with Crippen molar-refractivity contribution >= 4 is 21.4 Å². The third-order valence-electron chi connectivity index (χ3n) is 3.14. The van der Waals surface area contributed by atoms with Crippen LogP contribution in [0.1, 0.15) is 6.42 Å². The first-order valence-corrected chi connectivity index (χ1v) is 7.68. The van der Waals surface area contributed by atoms with Gasteiger partial charge in [-0.2, -0.15) is 0 Å². The molecule has 0 atom stereocenters. The van der Waals surface area contributed by atoms with Gasteiger partial charge in [0.1, 0.15) is 0 Å². The van der Waals surface area contributed by atoms with E-state index in [-0.39, 0.29) is 5.75 Å². The minimum absolute atomic E-state index is 0.113. The highest BCUT2D eigenvalue weighted by atomic mass is 32.2. The van der Waals surface area contributed by atoms with Crippen molar-refractivity contribution in [2.24, 2.45) is 5.73 Å². The van der Waals surface area contributed by atoms with Gasteiger partial charge in [-0.25, -0.2) is 8.42 Å². The molecule has 0 saturated carbocycles. The molecule has 1 aliphatic rings. The number of sulfonamides is 1. The smallest absolute Gasteiger partial charge is 0.235 e. The fourth-order valence-corrected chi connectivity index (χ4v) is 3.71. The average Bonchev–Trinajstić information content (AvgIpc) is 2.37. The van der Waals surface area contributed by atoms with Crippen molar-refractivity contribution in [1.82, 2.24) is 0 Å². The minimum Gasteiger partial charge on any atom is -0.371 e. The highest BCUT2D eigenvalue weighted by Gasteiger charge is 2.28. The number of hydrogen-bond acceptors (Lipinski definition) is 4. The summed E-state index contributed by atoms with van der Waals surface area (Å²) >= 11 is 0. The summed E-state index contributed by atoms with van der Waals surface area (Å²) in [6, 6.07) is 7.58. The third kappa shape index (κ3) is 2.44. The van der Waals surface area contributed by atoms with Gasteiger partial charge in [0, 0.05) is 13.6 Å². The van der Waals surface area contributed by atoms with Gasteiger partial charge in [-0.3, -0.25) is 4.31 Å². The molecule has 18 heavy (non-hydrogen) atoms. The molecule has 5 nitrogen and oxygen atoms in total. The van der Waals surface area contributed by atoms with Crippen molar-refractivity contribution < 1.29 is 8.42 Å². The molecule has 1 aromatic carbocycles. The Hall–Kier alpha value is -1.27. The number of nitrogens with zero attached hydrogens (tertiary/aromatic N) is 2. The highest BCUT2D eigenvalue weighted by molar-refractivity contribution is 7.92. The molecule has 1 aliphatic heterocycles. The summed E-state index contributed by atoms with van der Waals surface area (Å²) in [5.74, 6) is 0.113. The molecule has 0 unspecified atom stereocenters. The third-order valence-corrected chi connectivity index (χ3v) is 5.00. The first-order valence-electron chi connectivity index (χ1n) is 6.07. The summed E-state index contributed by atoms with van der Waals surface area (Å²) in [5, 5.41) is 0. The Kier molecular flexibility index (Phi) is 3.77. The standard InChI is InChI=1S/C12H19N3O2S/c1-14-8-9-15(18(16,17)10-4-7-13)12-6-3-2-5-11(12)14/h2-3,5-6H,4,7-10,13H2,1H3.